The molecule has 0 radical (unpaired) electrons. The Morgan fingerprint density at radius 1 is 1.09 bits per heavy atom. The number of hydrogen-bond acceptors (Lipinski definition) is 9. The molecule has 0 amide bonds. The van der Waals surface area contributed by atoms with E-state index in [2.05, 4.69) is 25.1 Å². The summed E-state index contributed by atoms with van der Waals surface area (Å²) in [5.41, 5.74) is 3.53. The molecule has 2 N–H and O–H groups in total. The molecule has 180 valence electrons. The smallest absolute Gasteiger partial charge is 0.231 e. The van der Waals surface area contributed by atoms with Crippen molar-refractivity contribution < 1.29 is 19.1 Å². The van der Waals surface area contributed by atoms with Crippen LogP contribution in [-0.2, 0) is 6.54 Å². The minimum Gasteiger partial charge on any atom is -0.454 e. The molecule has 35 heavy (non-hydrogen) atoms. The van der Waals surface area contributed by atoms with Gasteiger partial charge in [-0.15, -0.1) is 4.91 Å². The minimum atomic E-state index is 0.279. The van der Waals surface area contributed by atoms with E-state index in [1.165, 1.54) is 5.34 Å². The van der Waals surface area contributed by atoms with Crippen LogP contribution < -0.4 is 19.7 Å². The van der Waals surface area contributed by atoms with Gasteiger partial charge in [-0.05, 0) is 42.0 Å². The van der Waals surface area contributed by atoms with Crippen molar-refractivity contribution in [2.75, 3.05) is 37.9 Å². The van der Waals surface area contributed by atoms with Gasteiger partial charge in [-0.1, -0.05) is 18.2 Å². The number of nitrogens with zero attached hydrogens (tertiary/aromatic N) is 5. The van der Waals surface area contributed by atoms with Crippen LogP contribution in [0.25, 0.3) is 22.1 Å². The summed E-state index contributed by atoms with van der Waals surface area (Å²) in [6.45, 7) is 4.13. The molecule has 2 aromatic heterocycles. The molecule has 0 aliphatic carbocycles. The van der Waals surface area contributed by atoms with Crippen molar-refractivity contribution >= 4 is 45.2 Å². The van der Waals surface area contributed by atoms with Crippen molar-refractivity contribution in [1.82, 2.24) is 20.2 Å². The maximum Gasteiger partial charge on any atom is 0.231 e. The Labute approximate surface area is 205 Å². The van der Waals surface area contributed by atoms with E-state index in [4.69, 9.17) is 36.2 Å². The first kappa shape index (κ1) is 22.6. The van der Waals surface area contributed by atoms with Crippen LogP contribution in [-0.4, -0.2) is 58.2 Å². The molecule has 4 aromatic rings. The van der Waals surface area contributed by atoms with E-state index in [0.717, 1.165) is 76.2 Å². The molecule has 1 fully saturated rings. The highest BCUT2D eigenvalue weighted by Crippen LogP contribution is 2.33. The van der Waals surface area contributed by atoms with Crippen LogP contribution in [0, 0.1) is 4.91 Å². The third kappa shape index (κ3) is 4.60. The molecule has 0 atom stereocenters. The lowest BCUT2D eigenvalue weighted by Crippen LogP contribution is -2.51. The summed E-state index contributed by atoms with van der Waals surface area (Å²) in [6, 6.07) is 13.9. The summed E-state index contributed by atoms with van der Waals surface area (Å²) in [4.78, 5) is 21.5. The average Bonchev–Trinajstić information content (AvgIpc) is 3.52. The largest absolute Gasteiger partial charge is 0.454 e. The molecule has 0 bridgehead atoms. The van der Waals surface area contributed by atoms with E-state index in [-0.39, 0.29) is 6.79 Å². The van der Waals surface area contributed by atoms with Gasteiger partial charge in [0.25, 0.3) is 0 Å². The Balaban J connectivity index is 0.000000806. The number of hydrogen-bond donors (Lipinski definition) is 2. The van der Waals surface area contributed by atoms with Gasteiger partial charge in [-0.25, -0.2) is 9.97 Å². The number of nitrogens with one attached hydrogen (secondary N) is 1. The molecule has 12 heteroatoms. The van der Waals surface area contributed by atoms with Gasteiger partial charge in [0.05, 0.1) is 0 Å². The van der Waals surface area contributed by atoms with E-state index >= 15 is 0 Å². The lowest BCUT2D eigenvalue weighted by molar-refractivity contribution is 0.174. The lowest BCUT2D eigenvalue weighted by atomic mass is 10.2. The van der Waals surface area contributed by atoms with E-state index in [0.29, 0.717) is 6.54 Å². The molecular formula is C23H22N6O5S. The van der Waals surface area contributed by atoms with Crippen molar-refractivity contribution in [2.45, 2.75) is 6.54 Å². The SMILES string of the molecule is O=NO.S=C(NCc1ccc2c(c1)OCO2)N1CCN(c2ncnc3c2oc2ccccc23)CC1. The Morgan fingerprint density at radius 3 is 2.69 bits per heavy atom. The highest BCUT2D eigenvalue weighted by molar-refractivity contribution is 7.80. The quantitative estimate of drug-likeness (QED) is 0.247. The van der Waals surface area contributed by atoms with E-state index in [9.17, 15) is 0 Å². The molecule has 2 aliphatic heterocycles. The van der Waals surface area contributed by atoms with Gasteiger partial charge in [0.1, 0.15) is 17.4 Å². The molecule has 2 aromatic carbocycles. The Bertz CT molecular complexity index is 1370. The van der Waals surface area contributed by atoms with Crippen LogP contribution in [0.2, 0.25) is 0 Å². The molecule has 1 saturated heterocycles. The number of rotatable bonds is 3. The molecule has 11 nitrogen and oxygen atoms in total. The van der Waals surface area contributed by atoms with Gasteiger partial charge < -0.3 is 34.2 Å². The Morgan fingerprint density at radius 2 is 1.86 bits per heavy atom. The molecule has 2 aliphatic rings. The first-order valence-electron chi connectivity index (χ1n) is 10.9. The standard InChI is InChI=1S/C23H21N5O3S.HNO2/c32-23(24-12-15-5-6-18-19(11-15)30-14-29-18)28-9-7-27(8-10-28)22-21-20(25-13-26-22)16-3-1-2-4-17(16)31-21;2-1-3/h1-6,11,13H,7-10,12,14H2,(H,24,32);(H,2,3). The zero-order chi connectivity index (χ0) is 24.2. The van der Waals surface area contributed by atoms with Crippen molar-refractivity contribution in [3.63, 3.8) is 0 Å². The van der Waals surface area contributed by atoms with Gasteiger partial charge >= 0.3 is 0 Å². The maximum absolute atomic E-state index is 8.11. The number of para-hydroxylation sites is 1. The molecule has 0 saturated carbocycles. The summed E-state index contributed by atoms with van der Waals surface area (Å²) in [5, 5.41) is 13.0. The fraction of sp³-hybridized carbons (Fsp3) is 0.261. The van der Waals surface area contributed by atoms with E-state index in [1.807, 2.05) is 42.5 Å². The summed E-state index contributed by atoms with van der Waals surface area (Å²) < 4.78 is 16.9. The van der Waals surface area contributed by atoms with Crippen LogP contribution in [0.4, 0.5) is 5.82 Å². The number of furan rings is 1. The first-order chi connectivity index (χ1) is 17.2. The van der Waals surface area contributed by atoms with Gasteiger partial charge in [0.2, 0.25) is 6.79 Å². The van der Waals surface area contributed by atoms with Crippen LogP contribution in [0.1, 0.15) is 5.56 Å². The van der Waals surface area contributed by atoms with Gasteiger partial charge in [-0.2, -0.15) is 0 Å². The number of piperazine rings is 1. The monoisotopic (exact) mass is 494 g/mol. The molecular weight excluding hydrogens is 472 g/mol. The third-order valence-corrected chi connectivity index (χ3v) is 6.29. The van der Waals surface area contributed by atoms with Crippen LogP contribution in [0.3, 0.4) is 0 Å². The van der Waals surface area contributed by atoms with Crippen LogP contribution in [0.5, 0.6) is 11.5 Å². The summed E-state index contributed by atoms with van der Waals surface area (Å²) in [6.07, 6.45) is 1.61. The van der Waals surface area contributed by atoms with Crippen molar-refractivity contribution in [3.05, 3.63) is 59.3 Å². The Kier molecular flexibility index (Phi) is 6.44. The highest BCUT2D eigenvalue weighted by Gasteiger charge is 2.24. The normalized spacial score (nSPS) is 14.5. The third-order valence-electron chi connectivity index (χ3n) is 5.89. The predicted molar refractivity (Wildman–Crippen MR) is 133 cm³/mol. The average molecular weight is 495 g/mol. The summed E-state index contributed by atoms with van der Waals surface area (Å²) >= 11 is 5.64. The van der Waals surface area contributed by atoms with Crippen LogP contribution in [0.15, 0.2) is 58.5 Å². The summed E-state index contributed by atoms with van der Waals surface area (Å²) in [7, 11) is 0. The second kappa shape index (κ2) is 9.97. The molecule has 0 unspecified atom stereocenters. The second-order valence-electron chi connectivity index (χ2n) is 7.88. The maximum atomic E-state index is 8.11. The van der Waals surface area contributed by atoms with E-state index in [1.54, 1.807) is 6.33 Å². The first-order valence-corrected chi connectivity index (χ1v) is 11.3. The van der Waals surface area contributed by atoms with Gasteiger partial charge in [0.15, 0.2) is 33.4 Å². The molecule has 0 spiro atoms. The van der Waals surface area contributed by atoms with Gasteiger partial charge in [0, 0.05) is 38.1 Å². The van der Waals surface area contributed by atoms with Gasteiger partial charge in [-0.3, -0.25) is 0 Å². The number of benzene rings is 2. The number of anilines is 1. The predicted octanol–water partition coefficient (Wildman–Crippen LogP) is 3.44. The number of thiocarbonyl (C=S) groups is 1. The van der Waals surface area contributed by atoms with Crippen molar-refractivity contribution in [1.29, 1.82) is 0 Å². The van der Waals surface area contributed by atoms with Crippen molar-refractivity contribution in [3.8, 4) is 11.5 Å². The molecule has 6 rings (SSSR count). The fourth-order valence-electron chi connectivity index (χ4n) is 4.20. The second-order valence-corrected chi connectivity index (χ2v) is 8.26. The minimum absolute atomic E-state index is 0.279. The number of fused-ring (bicyclic) bond motifs is 4. The topological polar surface area (TPSA) is 126 Å². The van der Waals surface area contributed by atoms with E-state index < -0.39 is 0 Å². The van der Waals surface area contributed by atoms with Crippen molar-refractivity contribution in [2.24, 2.45) is 5.34 Å². The number of ether oxygens (including phenoxy) is 2. The number of aromatic nitrogens is 2. The molecule has 4 heterocycles. The lowest BCUT2D eigenvalue weighted by Gasteiger charge is -2.36. The highest BCUT2D eigenvalue weighted by atomic mass is 32.1. The Hall–Kier alpha value is -4.19. The van der Waals surface area contributed by atoms with Crippen LogP contribution >= 0.6 is 12.2 Å². The summed E-state index contributed by atoms with van der Waals surface area (Å²) in [5.74, 6) is 2.41. The zero-order valence-corrected chi connectivity index (χ0v) is 19.4. The zero-order valence-electron chi connectivity index (χ0n) is 18.6. The fourth-order valence-corrected chi connectivity index (χ4v) is 4.45.